The van der Waals surface area contributed by atoms with E-state index in [1.807, 2.05) is 60.8 Å². The lowest BCUT2D eigenvalue weighted by atomic mass is 10.1. The molecule has 0 fully saturated rings. The van der Waals surface area contributed by atoms with Gasteiger partial charge in [-0.2, -0.15) is 5.10 Å². The quantitative estimate of drug-likeness (QED) is 0.454. The second kappa shape index (κ2) is 7.33. The van der Waals surface area contributed by atoms with Crippen molar-refractivity contribution in [3.63, 3.8) is 0 Å². The zero-order valence-electron chi connectivity index (χ0n) is 17.4. The minimum absolute atomic E-state index is 0.105. The van der Waals surface area contributed by atoms with Crippen LogP contribution in [-0.2, 0) is 20.7 Å². The van der Waals surface area contributed by atoms with Gasteiger partial charge < -0.3 is 15.0 Å². The number of rotatable bonds is 5. The van der Waals surface area contributed by atoms with Crippen molar-refractivity contribution < 1.29 is 5.11 Å². The second-order valence-electron chi connectivity index (χ2n) is 7.30. The fourth-order valence-corrected chi connectivity index (χ4v) is 3.54. The van der Waals surface area contributed by atoms with Crippen LogP contribution in [0.15, 0.2) is 49.2 Å². The lowest BCUT2D eigenvalue weighted by Gasteiger charge is -2.10. The van der Waals surface area contributed by atoms with Crippen LogP contribution in [0.1, 0.15) is 11.3 Å². The zero-order chi connectivity index (χ0) is 21.5. The van der Waals surface area contributed by atoms with Crippen LogP contribution in [0.3, 0.4) is 0 Å². The molecule has 0 bridgehead atoms. The van der Waals surface area contributed by atoms with Gasteiger partial charge in [0.15, 0.2) is 11.6 Å². The first kappa shape index (κ1) is 18.9. The molecule has 31 heavy (non-hydrogen) atoms. The summed E-state index contributed by atoms with van der Waals surface area (Å²) in [6, 6.07) is 5.60. The Hall–Kier alpha value is -4.05. The molecule has 0 aromatic carbocycles. The number of aryl methyl sites for hydroxylation is 3. The van der Waals surface area contributed by atoms with Gasteiger partial charge in [0.05, 0.1) is 29.9 Å². The highest BCUT2D eigenvalue weighted by Gasteiger charge is 2.19. The highest BCUT2D eigenvalue weighted by molar-refractivity contribution is 5.84. The highest BCUT2D eigenvalue weighted by atomic mass is 16.3. The van der Waals surface area contributed by atoms with E-state index >= 15 is 0 Å². The van der Waals surface area contributed by atoms with Crippen molar-refractivity contribution >= 4 is 17.0 Å². The normalized spacial score (nSPS) is 11.4. The van der Waals surface area contributed by atoms with E-state index in [-0.39, 0.29) is 6.61 Å². The maximum atomic E-state index is 9.25. The summed E-state index contributed by atoms with van der Waals surface area (Å²) < 4.78 is 5.46. The first-order valence-electron chi connectivity index (χ1n) is 9.74. The van der Waals surface area contributed by atoms with E-state index in [0.29, 0.717) is 23.2 Å². The van der Waals surface area contributed by atoms with Crippen LogP contribution < -0.4 is 5.32 Å². The predicted octanol–water partition coefficient (Wildman–Crippen LogP) is 2.47. The summed E-state index contributed by atoms with van der Waals surface area (Å²) in [4.78, 5) is 13.4. The number of nitrogens with zero attached hydrogens (tertiary/aromatic N) is 8. The molecular weight excluding hydrogens is 394 g/mol. The van der Waals surface area contributed by atoms with Crippen LogP contribution in [0.5, 0.6) is 0 Å². The zero-order valence-corrected chi connectivity index (χ0v) is 17.4. The molecule has 2 N–H and O–H groups in total. The second-order valence-corrected chi connectivity index (χ2v) is 7.30. The standard InChI is InChI=1S/C21H21N9O/c1-13-16(17-6-8-29(3)26-17)11-30-18(13)19(24-14-4-5-15(12-31)23-10-14)25-20(27-30)21-22-7-9-28(21)2/h4-11,31H,12H2,1-3H3,(H,24,25,27). The molecule has 0 amide bonds. The average Bonchev–Trinajstić information content (AvgIpc) is 3.47. The molecule has 10 nitrogen and oxygen atoms in total. The number of nitrogens with one attached hydrogen (secondary N) is 1. The number of aliphatic hydroxyl groups is 1. The molecular formula is C21H21N9O. The van der Waals surface area contributed by atoms with Crippen molar-refractivity contribution in [2.75, 3.05) is 5.32 Å². The number of imidazole rings is 1. The van der Waals surface area contributed by atoms with Gasteiger partial charge in [0.25, 0.3) is 0 Å². The minimum Gasteiger partial charge on any atom is -0.390 e. The molecule has 10 heteroatoms. The maximum absolute atomic E-state index is 9.25. The summed E-state index contributed by atoms with van der Waals surface area (Å²) in [5.74, 6) is 1.78. The van der Waals surface area contributed by atoms with E-state index in [1.165, 1.54) is 0 Å². The summed E-state index contributed by atoms with van der Waals surface area (Å²) >= 11 is 0. The summed E-state index contributed by atoms with van der Waals surface area (Å²) in [6.45, 7) is 1.92. The van der Waals surface area contributed by atoms with E-state index in [1.54, 1.807) is 23.1 Å². The predicted molar refractivity (Wildman–Crippen MR) is 116 cm³/mol. The third-order valence-electron chi connectivity index (χ3n) is 5.14. The first-order valence-corrected chi connectivity index (χ1v) is 9.74. The van der Waals surface area contributed by atoms with Gasteiger partial charge >= 0.3 is 0 Å². The van der Waals surface area contributed by atoms with Gasteiger partial charge in [-0.15, -0.1) is 5.10 Å². The van der Waals surface area contributed by atoms with Gasteiger partial charge in [-0.3, -0.25) is 9.67 Å². The summed E-state index contributed by atoms with van der Waals surface area (Å²) in [7, 11) is 3.80. The largest absolute Gasteiger partial charge is 0.390 e. The van der Waals surface area contributed by atoms with Crippen LogP contribution in [0.25, 0.3) is 28.4 Å². The molecule has 0 aliphatic carbocycles. The van der Waals surface area contributed by atoms with Crippen LogP contribution in [0.4, 0.5) is 11.5 Å². The third-order valence-corrected chi connectivity index (χ3v) is 5.14. The van der Waals surface area contributed by atoms with Crippen molar-refractivity contribution in [1.82, 2.24) is 38.9 Å². The number of hydrogen-bond donors (Lipinski definition) is 2. The molecule has 156 valence electrons. The fraction of sp³-hybridized carbons (Fsp3) is 0.190. The van der Waals surface area contributed by atoms with Crippen molar-refractivity contribution in [1.29, 1.82) is 0 Å². The van der Waals surface area contributed by atoms with Crippen LogP contribution in [-0.4, -0.2) is 44.0 Å². The highest BCUT2D eigenvalue weighted by Crippen LogP contribution is 2.32. The number of anilines is 2. The number of fused-ring (bicyclic) bond motifs is 1. The Morgan fingerprint density at radius 2 is 1.94 bits per heavy atom. The molecule has 0 radical (unpaired) electrons. The fourth-order valence-electron chi connectivity index (χ4n) is 3.54. The molecule has 5 heterocycles. The molecule has 0 atom stereocenters. The molecule has 5 rings (SSSR count). The minimum atomic E-state index is -0.105. The van der Waals surface area contributed by atoms with Gasteiger partial charge in [-0.25, -0.2) is 14.5 Å². The van der Waals surface area contributed by atoms with Crippen molar-refractivity contribution in [3.8, 4) is 22.9 Å². The Kier molecular flexibility index (Phi) is 4.48. The monoisotopic (exact) mass is 415 g/mol. The van der Waals surface area contributed by atoms with Crippen molar-refractivity contribution in [3.05, 3.63) is 60.4 Å². The molecule has 0 aliphatic heterocycles. The van der Waals surface area contributed by atoms with E-state index in [2.05, 4.69) is 20.4 Å². The number of hydrogen-bond acceptors (Lipinski definition) is 7. The van der Waals surface area contributed by atoms with Gasteiger partial charge in [0.1, 0.15) is 5.52 Å². The van der Waals surface area contributed by atoms with Crippen LogP contribution in [0, 0.1) is 6.92 Å². The molecule has 5 aromatic heterocycles. The van der Waals surface area contributed by atoms with E-state index in [4.69, 9.17) is 10.1 Å². The van der Waals surface area contributed by atoms with Crippen LogP contribution >= 0.6 is 0 Å². The Labute approximate surface area is 177 Å². The third kappa shape index (κ3) is 3.32. The molecule has 0 saturated carbocycles. The molecule has 0 saturated heterocycles. The number of pyridine rings is 1. The maximum Gasteiger partial charge on any atom is 0.218 e. The Bertz CT molecular complexity index is 1380. The van der Waals surface area contributed by atoms with Gasteiger partial charge in [0.2, 0.25) is 5.82 Å². The van der Waals surface area contributed by atoms with Crippen molar-refractivity contribution in [2.24, 2.45) is 14.1 Å². The SMILES string of the molecule is Cc1c(-c2ccn(C)n2)cn2nc(-c3nccn3C)nc(Nc3ccc(CO)nc3)c12. The smallest absolute Gasteiger partial charge is 0.218 e. The average molecular weight is 415 g/mol. The molecule has 0 unspecified atom stereocenters. The lowest BCUT2D eigenvalue weighted by Crippen LogP contribution is -2.06. The van der Waals surface area contributed by atoms with E-state index in [9.17, 15) is 5.11 Å². The molecule has 5 aromatic rings. The Morgan fingerprint density at radius 1 is 1.06 bits per heavy atom. The van der Waals surface area contributed by atoms with Gasteiger partial charge in [-0.05, 0) is 30.7 Å². The lowest BCUT2D eigenvalue weighted by molar-refractivity contribution is 0.277. The molecule has 0 spiro atoms. The van der Waals surface area contributed by atoms with E-state index < -0.39 is 0 Å². The van der Waals surface area contributed by atoms with Crippen LogP contribution in [0.2, 0.25) is 0 Å². The topological polar surface area (TPSA) is 111 Å². The Morgan fingerprint density at radius 3 is 2.58 bits per heavy atom. The molecule has 0 aliphatic rings. The Balaban J connectivity index is 1.69. The summed E-state index contributed by atoms with van der Waals surface area (Å²) in [5, 5.41) is 21.9. The van der Waals surface area contributed by atoms with Crippen molar-refractivity contribution in [2.45, 2.75) is 13.5 Å². The van der Waals surface area contributed by atoms with E-state index in [0.717, 1.165) is 28.0 Å². The summed E-state index contributed by atoms with van der Waals surface area (Å²) in [6.07, 6.45) is 9.11. The number of aromatic nitrogens is 8. The van der Waals surface area contributed by atoms with Gasteiger partial charge in [-0.1, -0.05) is 0 Å². The van der Waals surface area contributed by atoms with Gasteiger partial charge in [0, 0.05) is 44.4 Å². The summed E-state index contributed by atoms with van der Waals surface area (Å²) in [5.41, 5.74) is 5.04. The first-order chi connectivity index (χ1) is 15.0. The number of aliphatic hydroxyl groups excluding tert-OH is 1.